The van der Waals surface area contributed by atoms with Crippen molar-refractivity contribution in [2.45, 2.75) is 12.5 Å². The van der Waals surface area contributed by atoms with Crippen LogP contribution in [0.4, 0.5) is 0 Å². The minimum atomic E-state index is -0.428. The molecule has 7 heteroatoms. The average Bonchev–Trinajstić information content (AvgIpc) is 3.02. The summed E-state index contributed by atoms with van der Waals surface area (Å²) in [4.78, 5) is 26.8. The second kappa shape index (κ2) is 10.9. The largest absolute Gasteiger partial charge is 0.394 e. The molecular formula is C23H22N2O3S2. The van der Waals surface area contributed by atoms with E-state index in [0.717, 1.165) is 11.1 Å². The molecule has 0 saturated carbocycles. The normalized spacial score (nSPS) is 16.4. The lowest BCUT2D eigenvalue weighted by Gasteiger charge is -2.19. The van der Waals surface area contributed by atoms with Crippen LogP contribution in [0.15, 0.2) is 77.7 Å². The smallest absolute Gasteiger partial charge is 0.266 e. The quantitative estimate of drug-likeness (QED) is 0.489. The van der Waals surface area contributed by atoms with Gasteiger partial charge in [0.1, 0.15) is 10.9 Å². The molecule has 0 spiro atoms. The highest BCUT2D eigenvalue weighted by molar-refractivity contribution is 8.26. The van der Waals surface area contributed by atoms with Gasteiger partial charge in [-0.15, -0.1) is 0 Å². The Bertz CT molecular complexity index is 959. The summed E-state index contributed by atoms with van der Waals surface area (Å²) < 4.78 is 0.345. The Kier molecular flexibility index (Phi) is 7.96. The Hall–Kier alpha value is -2.74. The number of hydrogen-bond acceptors (Lipinski definition) is 5. The Morgan fingerprint density at radius 1 is 1.13 bits per heavy atom. The number of aliphatic hydroxyl groups excluding tert-OH is 1. The van der Waals surface area contributed by atoms with Crippen molar-refractivity contribution in [3.05, 3.63) is 88.8 Å². The van der Waals surface area contributed by atoms with Crippen LogP contribution in [-0.4, -0.2) is 45.3 Å². The van der Waals surface area contributed by atoms with Gasteiger partial charge in [0.05, 0.1) is 17.6 Å². The predicted octanol–water partition coefficient (Wildman–Crippen LogP) is 3.16. The van der Waals surface area contributed by atoms with E-state index in [1.165, 1.54) is 16.7 Å². The van der Waals surface area contributed by atoms with E-state index >= 15 is 0 Å². The summed E-state index contributed by atoms with van der Waals surface area (Å²) in [7, 11) is 0. The summed E-state index contributed by atoms with van der Waals surface area (Å²) in [6.45, 7) is -0.362. The highest BCUT2D eigenvalue weighted by atomic mass is 32.2. The standard InChI is InChI=1S/C23H22N2O3S2/c26-16-19(14-18-10-5-2-6-11-18)24-21(27)15-25-22(28)20(30-23(25)29)13-7-12-17-8-3-1-4-9-17/h1-13,19,26H,14-16H2,(H,24,27)/t19-/m1/s1. The molecule has 0 bridgehead atoms. The number of thiocarbonyl (C=S) groups is 1. The molecule has 1 aliphatic heterocycles. The number of thioether (sulfide) groups is 1. The highest BCUT2D eigenvalue weighted by Gasteiger charge is 2.33. The third-order valence-electron chi connectivity index (χ3n) is 4.42. The van der Waals surface area contributed by atoms with Crippen molar-refractivity contribution in [2.24, 2.45) is 0 Å². The first kappa shape index (κ1) is 22.0. The number of nitrogens with zero attached hydrogens (tertiary/aromatic N) is 1. The third-order valence-corrected chi connectivity index (χ3v) is 5.82. The monoisotopic (exact) mass is 438 g/mol. The Morgan fingerprint density at radius 3 is 2.47 bits per heavy atom. The molecule has 1 saturated heterocycles. The first-order chi connectivity index (χ1) is 14.6. The fourth-order valence-corrected chi connectivity index (χ4v) is 4.14. The lowest BCUT2D eigenvalue weighted by atomic mass is 10.1. The second-order valence-electron chi connectivity index (χ2n) is 6.70. The second-order valence-corrected chi connectivity index (χ2v) is 8.37. The van der Waals surface area contributed by atoms with E-state index < -0.39 is 6.04 Å². The molecule has 154 valence electrons. The van der Waals surface area contributed by atoms with Crippen molar-refractivity contribution in [3.8, 4) is 0 Å². The van der Waals surface area contributed by atoms with Crippen molar-refractivity contribution in [1.29, 1.82) is 0 Å². The van der Waals surface area contributed by atoms with E-state index in [9.17, 15) is 14.7 Å². The van der Waals surface area contributed by atoms with E-state index in [0.29, 0.717) is 15.6 Å². The van der Waals surface area contributed by atoms with Crippen LogP contribution in [0, 0.1) is 0 Å². The molecule has 0 aliphatic carbocycles. The van der Waals surface area contributed by atoms with Crippen LogP contribution >= 0.6 is 24.0 Å². The van der Waals surface area contributed by atoms with Crippen molar-refractivity contribution < 1.29 is 14.7 Å². The fourth-order valence-electron chi connectivity index (χ4n) is 2.94. The minimum Gasteiger partial charge on any atom is -0.394 e. The van der Waals surface area contributed by atoms with Crippen molar-refractivity contribution in [2.75, 3.05) is 13.2 Å². The maximum Gasteiger partial charge on any atom is 0.266 e. The van der Waals surface area contributed by atoms with E-state index in [1.54, 1.807) is 12.2 Å². The number of rotatable bonds is 8. The summed E-state index contributed by atoms with van der Waals surface area (Å²) in [5.74, 6) is -0.649. The van der Waals surface area contributed by atoms with Crippen LogP contribution in [0.1, 0.15) is 11.1 Å². The SMILES string of the molecule is O=C(CN1C(=O)C(=CC=Cc2ccccc2)SC1=S)N[C@@H](CO)Cc1ccccc1. The highest BCUT2D eigenvalue weighted by Crippen LogP contribution is 2.30. The van der Waals surface area contributed by atoms with Gasteiger partial charge in [0.15, 0.2) is 0 Å². The Labute approximate surface area is 185 Å². The predicted molar refractivity (Wildman–Crippen MR) is 125 cm³/mol. The van der Waals surface area contributed by atoms with Crippen molar-refractivity contribution in [3.63, 3.8) is 0 Å². The first-order valence-corrected chi connectivity index (χ1v) is 10.7. The zero-order valence-corrected chi connectivity index (χ0v) is 17.9. The van der Waals surface area contributed by atoms with E-state index in [1.807, 2.05) is 66.7 Å². The van der Waals surface area contributed by atoms with Crippen LogP contribution in [0.5, 0.6) is 0 Å². The van der Waals surface area contributed by atoms with Gasteiger partial charge in [-0.3, -0.25) is 14.5 Å². The molecule has 0 radical (unpaired) electrons. The molecule has 1 fully saturated rings. The van der Waals surface area contributed by atoms with Gasteiger partial charge >= 0.3 is 0 Å². The molecule has 2 aromatic rings. The molecule has 1 atom stereocenters. The number of benzene rings is 2. The van der Waals surface area contributed by atoms with Crippen LogP contribution in [-0.2, 0) is 16.0 Å². The minimum absolute atomic E-state index is 0.171. The maximum absolute atomic E-state index is 12.6. The molecule has 1 aliphatic rings. The lowest BCUT2D eigenvalue weighted by Crippen LogP contribution is -2.45. The Morgan fingerprint density at radius 2 is 1.80 bits per heavy atom. The zero-order chi connectivity index (χ0) is 21.3. The summed E-state index contributed by atoms with van der Waals surface area (Å²) >= 11 is 6.45. The number of nitrogens with one attached hydrogen (secondary N) is 1. The number of amides is 2. The molecule has 0 aromatic heterocycles. The molecule has 5 nitrogen and oxygen atoms in total. The summed E-state index contributed by atoms with van der Waals surface area (Å²) in [6.07, 6.45) is 5.90. The van der Waals surface area contributed by atoms with E-state index in [4.69, 9.17) is 12.2 Å². The van der Waals surface area contributed by atoms with Crippen LogP contribution in [0.2, 0.25) is 0 Å². The number of aliphatic hydroxyl groups is 1. The summed E-state index contributed by atoms with van der Waals surface area (Å²) in [5, 5.41) is 12.4. The third kappa shape index (κ3) is 6.13. The van der Waals surface area contributed by atoms with Gasteiger partial charge in [-0.2, -0.15) is 0 Å². The van der Waals surface area contributed by atoms with E-state index in [2.05, 4.69) is 5.32 Å². The Balaban J connectivity index is 1.57. The maximum atomic E-state index is 12.6. The zero-order valence-electron chi connectivity index (χ0n) is 16.2. The molecule has 30 heavy (non-hydrogen) atoms. The van der Waals surface area contributed by atoms with Gasteiger partial charge in [0.2, 0.25) is 5.91 Å². The average molecular weight is 439 g/mol. The lowest BCUT2D eigenvalue weighted by molar-refractivity contribution is -0.129. The van der Waals surface area contributed by atoms with Crippen molar-refractivity contribution >= 4 is 46.2 Å². The van der Waals surface area contributed by atoms with Crippen LogP contribution in [0.3, 0.4) is 0 Å². The summed E-state index contributed by atoms with van der Waals surface area (Å²) in [5.41, 5.74) is 2.03. The molecule has 2 aromatic carbocycles. The van der Waals surface area contributed by atoms with Gasteiger partial charge in [-0.1, -0.05) is 96.8 Å². The van der Waals surface area contributed by atoms with E-state index in [-0.39, 0.29) is 25.0 Å². The van der Waals surface area contributed by atoms with Crippen molar-refractivity contribution in [1.82, 2.24) is 10.2 Å². The molecule has 1 heterocycles. The molecule has 2 amide bonds. The molecule has 3 rings (SSSR count). The van der Waals surface area contributed by atoms with Gasteiger partial charge in [-0.25, -0.2) is 0 Å². The van der Waals surface area contributed by atoms with Gasteiger partial charge < -0.3 is 10.4 Å². The molecule has 2 N–H and O–H groups in total. The number of carbonyl (C=O) groups excluding carboxylic acids is 2. The van der Waals surface area contributed by atoms with Crippen LogP contribution < -0.4 is 5.32 Å². The summed E-state index contributed by atoms with van der Waals surface area (Å²) in [6, 6.07) is 18.9. The molecular weight excluding hydrogens is 416 g/mol. The first-order valence-electron chi connectivity index (χ1n) is 9.48. The van der Waals surface area contributed by atoms with Gasteiger partial charge in [-0.05, 0) is 23.6 Å². The molecule has 0 unspecified atom stereocenters. The number of allylic oxidation sites excluding steroid dienone is 2. The number of hydrogen-bond donors (Lipinski definition) is 2. The number of carbonyl (C=O) groups is 2. The van der Waals surface area contributed by atoms with Crippen LogP contribution in [0.25, 0.3) is 6.08 Å². The fraction of sp³-hybridized carbons (Fsp3) is 0.174. The topological polar surface area (TPSA) is 69.6 Å². The van der Waals surface area contributed by atoms with Gasteiger partial charge in [0, 0.05) is 0 Å². The van der Waals surface area contributed by atoms with Gasteiger partial charge in [0.25, 0.3) is 5.91 Å².